The molecule has 0 radical (unpaired) electrons. The summed E-state index contributed by atoms with van der Waals surface area (Å²) in [5.41, 5.74) is 5.35. The second-order valence-corrected chi connectivity index (χ2v) is 5.43. The van der Waals surface area contributed by atoms with Crippen LogP contribution in [-0.4, -0.2) is 19.7 Å². The molecule has 0 aromatic carbocycles. The number of nitrogens with one attached hydrogen (secondary N) is 1. The van der Waals surface area contributed by atoms with Crippen molar-refractivity contribution in [2.24, 2.45) is 0 Å². The molecule has 98 valence electrons. The molecule has 1 N–H and O–H groups in total. The van der Waals surface area contributed by atoms with E-state index in [1.807, 2.05) is 29.9 Å². The Balaban J connectivity index is 1.91. The largest absolute Gasteiger partial charge is 0.346 e. The van der Waals surface area contributed by atoms with Crippen LogP contribution >= 0.6 is 11.3 Å². The third-order valence-corrected chi connectivity index (χ3v) is 4.10. The minimum atomic E-state index is 0.882. The summed E-state index contributed by atoms with van der Waals surface area (Å²) in [4.78, 5) is 7.44. The Labute approximate surface area is 119 Å². The molecule has 0 saturated carbocycles. The fraction of sp³-hybridized carbons (Fsp3) is 0.0667. The van der Waals surface area contributed by atoms with Crippen LogP contribution in [0.2, 0.25) is 0 Å². The number of thiophene rings is 1. The van der Waals surface area contributed by atoms with E-state index in [0.29, 0.717) is 0 Å². The lowest BCUT2D eigenvalue weighted by molar-refractivity contribution is 0.868. The van der Waals surface area contributed by atoms with E-state index in [2.05, 4.69) is 38.1 Å². The Morgan fingerprint density at radius 2 is 2.20 bits per heavy atom. The Hall–Kier alpha value is -2.40. The Morgan fingerprint density at radius 1 is 1.25 bits per heavy atom. The smallest absolute Gasteiger partial charge is 0.139 e. The first-order chi connectivity index (χ1) is 9.83. The Kier molecular flexibility index (Phi) is 2.47. The first-order valence-electron chi connectivity index (χ1n) is 6.34. The third-order valence-electron chi connectivity index (χ3n) is 3.42. The van der Waals surface area contributed by atoms with Gasteiger partial charge in [0.2, 0.25) is 0 Å². The lowest BCUT2D eigenvalue weighted by atomic mass is 10.1. The van der Waals surface area contributed by atoms with Gasteiger partial charge in [-0.1, -0.05) is 0 Å². The first-order valence-corrected chi connectivity index (χ1v) is 7.28. The summed E-state index contributed by atoms with van der Waals surface area (Å²) >= 11 is 1.70. The number of pyridine rings is 1. The topological polar surface area (TPSA) is 46.5 Å². The van der Waals surface area contributed by atoms with Gasteiger partial charge in [-0.25, -0.2) is 9.67 Å². The zero-order chi connectivity index (χ0) is 13.5. The van der Waals surface area contributed by atoms with Gasteiger partial charge in [-0.3, -0.25) is 0 Å². The summed E-state index contributed by atoms with van der Waals surface area (Å²) in [5.74, 6) is 0. The van der Waals surface area contributed by atoms with Crippen LogP contribution in [0.4, 0.5) is 0 Å². The number of rotatable bonds is 2. The summed E-state index contributed by atoms with van der Waals surface area (Å²) in [7, 11) is 0. The molecule has 5 heteroatoms. The van der Waals surface area contributed by atoms with Crippen molar-refractivity contribution in [2.75, 3.05) is 0 Å². The second-order valence-electron chi connectivity index (χ2n) is 4.65. The van der Waals surface area contributed by atoms with Crippen LogP contribution in [0.3, 0.4) is 0 Å². The van der Waals surface area contributed by atoms with Gasteiger partial charge in [0, 0.05) is 29.5 Å². The predicted octanol–water partition coefficient (Wildman–Crippen LogP) is 3.79. The van der Waals surface area contributed by atoms with Gasteiger partial charge in [-0.2, -0.15) is 16.4 Å². The molecule has 0 saturated heterocycles. The number of aromatic nitrogens is 4. The van der Waals surface area contributed by atoms with Crippen LogP contribution in [0, 0.1) is 6.92 Å². The SMILES string of the molecule is Cc1nn(-c2ccnc3[nH]ccc23)cc1-c1ccsc1. The summed E-state index contributed by atoms with van der Waals surface area (Å²) < 4.78 is 1.93. The van der Waals surface area contributed by atoms with Crippen molar-refractivity contribution in [2.45, 2.75) is 6.92 Å². The standard InChI is InChI=1S/C15H12N4S/c1-10-13(11-4-7-20-9-11)8-19(18-10)14-3-6-17-15-12(14)2-5-16-15/h2-9H,1H3,(H,16,17). The molecule has 0 bridgehead atoms. The van der Waals surface area contributed by atoms with Crippen LogP contribution in [0.15, 0.2) is 47.5 Å². The summed E-state index contributed by atoms with van der Waals surface area (Å²) in [6.07, 6.45) is 5.78. The van der Waals surface area contributed by atoms with E-state index in [-0.39, 0.29) is 0 Å². The number of aromatic amines is 1. The average molecular weight is 280 g/mol. The average Bonchev–Trinajstić information content (AvgIpc) is 3.17. The molecule has 0 amide bonds. The lowest BCUT2D eigenvalue weighted by Gasteiger charge is -2.02. The van der Waals surface area contributed by atoms with Gasteiger partial charge in [-0.15, -0.1) is 0 Å². The monoisotopic (exact) mass is 280 g/mol. The minimum Gasteiger partial charge on any atom is -0.346 e. The van der Waals surface area contributed by atoms with Gasteiger partial charge < -0.3 is 4.98 Å². The van der Waals surface area contributed by atoms with Gasteiger partial charge in [0.1, 0.15) is 5.65 Å². The number of H-pyrrole nitrogens is 1. The summed E-state index contributed by atoms with van der Waals surface area (Å²) in [6, 6.07) is 6.14. The van der Waals surface area contributed by atoms with E-state index in [1.165, 1.54) is 11.1 Å². The molecule has 4 nitrogen and oxygen atoms in total. The highest BCUT2D eigenvalue weighted by atomic mass is 32.1. The van der Waals surface area contributed by atoms with Crippen molar-refractivity contribution in [3.63, 3.8) is 0 Å². The molecule has 0 aliphatic rings. The van der Waals surface area contributed by atoms with Crippen molar-refractivity contribution in [3.8, 4) is 16.8 Å². The summed E-state index contributed by atoms with van der Waals surface area (Å²) in [5, 5.41) is 9.95. The zero-order valence-electron chi connectivity index (χ0n) is 10.9. The maximum Gasteiger partial charge on any atom is 0.139 e. The normalized spacial score (nSPS) is 11.2. The second kappa shape index (κ2) is 4.31. The maximum atomic E-state index is 4.65. The van der Waals surface area contributed by atoms with Crippen LogP contribution in [-0.2, 0) is 0 Å². The quantitative estimate of drug-likeness (QED) is 0.607. The molecule has 0 aliphatic heterocycles. The van der Waals surface area contributed by atoms with E-state index < -0.39 is 0 Å². The molecule has 0 unspecified atom stereocenters. The van der Waals surface area contributed by atoms with Gasteiger partial charge >= 0.3 is 0 Å². The van der Waals surface area contributed by atoms with Crippen molar-refractivity contribution in [3.05, 3.63) is 53.2 Å². The molecule has 0 aliphatic carbocycles. The highest BCUT2D eigenvalue weighted by Crippen LogP contribution is 2.27. The van der Waals surface area contributed by atoms with E-state index >= 15 is 0 Å². The van der Waals surface area contributed by atoms with Crippen molar-refractivity contribution in [1.82, 2.24) is 19.7 Å². The highest BCUT2D eigenvalue weighted by molar-refractivity contribution is 7.08. The molecule has 4 heterocycles. The molecular formula is C15H12N4S. The minimum absolute atomic E-state index is 0.882. The van der Waals surface area contributed by atoms with Gasteiger partial charge in [0.25, 0.3) is 0 Å². The molecule has 4 aromatic heterocycles. The van der Waals surface area contributed by atoms with E-state index in [1.54, 1.807) is 17.5 Å². The van der Waals surface area contributed by atoms with E-state index in [4.69, 9.17) is 0 Å². The fourth-order valence-corrected chi connectivity index (χ4v) is 3.09. The van der Waals surface area contributed by atoms with Gasteiger partial charge in [-0.05, 0) is 41.4 Å². The van der Waals surface area contributed by atoms with Crippen molar-refractivity contribution in [1.29, 1.82) is 0 Å². The van der Waals surface area contributed by atoms with Crippen LogP contribution in [0.25, 0.3) is 27.8 Å². The Bertz CT molecular complexity index is 870. The van der Waals surface area contributed by atoms with Gasteiger partial charge in [0.05, 0.1) is 11.4 Å². The van der Waals surface area contributed by atoms with Crippen LogP contribution in [0.1, 0.15) is 5.69 Å². The van der Waals surface area contributed by atoms with E-state index in [0.717, 1.165) is 22.4 Å². The zero-order valence-corrected chi connectivity index (χ0v) is 11.7. The molecule has 0 fully saturated rings. The van der Waals surface area contributed by atoms with Crippen LogP contribution in [0.5, 0.6) is 0 Å². The molecule has 4 rings (SSSR count). The number of hydrogen-bond donors (Lipinski definition) is 1. The van der Waals surface area contributed by atoms with Crippen molar-refractivity contribution >= 4 is 22.4 Å². The highest BCUT2D eigenvalue weighted by Gasteiger charge is 2.11. The van der Waals surface area contributed by atoms with Crippen LogP contribution < -0.4 is 0 Å². The van der Waals surface area contributed by atoms with Crippen molar-refractivity contribution < 1.29 is 0 Å². The summed E-state index contributed by atoms with van der Waals surface area (Å²) in [6.45, 7) is 2.04. The molecule has 20 heavy (non-hydrogen) atoms. The molecule has 4 aromatic rings. The van der Waals surface area contributed by atoms with Gasteiger partial charge in [0.15, 0.2) is 0 Å². The maximum absolute atomic E-state index is 4.65. The molecular weight excluding hydrogens is 268 g/mol. The number of nitrogens with zero attached hydrogens (tertiary/aromatic N) is 3. The number of fused-ring (bicyclic) bond motifs is 1. The third kappa shape index (κ3) is 1.67. The molecule has 0 atom stereocenters. The number of aryl methyl sites for hydroxylation is 1. The van der Waals surface area contributed by atoms with E-state index in [9.17, 15) is 0 Å². The molecule has 0 spiro atoms. The lowest BCUT2D eigenvalue weighted by Crippen LogP contribution is -1.96. The number of hydrogen-bond acceptors (Lipinski definition) is 3. The fourth-order valence-electron chi connectivity index (χ4n) is 2.43. The Morgan fingerprint density at radius 3 is 3.05 bits per heavy atom. The first kappa shape index (κ1) is 11.4. The predicted molar refractivity (Wildman–Crippen MR) is 81.3 cm³/mol.